The van der Waals surface area contributed by atoms with Crippen LogP contribution in [-0.2, 0) is 44.2 Å². The number of carbonyl (C=O) groups excluding carboxylic acids is 2. The van der Waals surface area contributed by atoms with Crippen LogP contribution in [0.3, 0.4) is 0 Å². The number of carbonyl (C=O) groups is 2. The van der Waals surface area contributed by atoms with E-state index in [4.69, 9.17) is 20.2 Å². The van der Waals surface area contributed by atoms with Crippen molar-refractivity contribution in [2.24, 2.45) is 5.73 Å². The molecule has 0 amide bonds. The van der Waals surface area contributed by atoms with Crippen molar-refractivity contribution < 1.29 is 24.2 Å². The second-order valence-electron chi connectivity index (χ2n) is 8.27. The molecule has 0 bridgehead atoms. The molecule has 9 nitrogen and oxygen atoms in total. The molecule has 9 heteroatoms. The molecule has 4 heterocycles. The number of nitrogens with zero attached hydrogens (tertiary/aromatic N) is 2. The number of benzene rings is 1. The van der Waals surface area contributed by atoms with Gasteiger partial charge in [-0.05, 0) is 36.6 Å². The van der Waals surface area contributed by atoms with E-state index in [2.05, 4.69) is 0 Å². The normalized spacial score (nSPS) is 18.5. The highest BCUT2D eigenvalue weighted by atomic mass is 16.6. The Morgan fingerprint density at radius 3 is 2.91 bits per heavy atom. The molecule has 1 atom stereocenters. The summed E-state index contributed by atoms with van der Waals surface area (Å²) in [4.78, 5) is 42.1. The third-order valence-corrected chi connectivity index (χ3v) is 6.49. The quantitative estimate of drug-likeness (QED) is 0.346. The molecular formula is C24H23N3O6. The molecule has 0 spiro atoms. The fraction of sp³-hybridized carbons (Fsp3) is 0.333. The maximum atomic E-state index is 13.3. The summed E-state index contributed by atoms with van der Waals surface area (Å²) in [6, 6.07) is 9.35. The Morgan fingerprint density at radius 2 is 2.15 bits per heavy atom. The maximum Gasteiger partial charge on any atom is 0.343 e. The number of hydrogen-bond donors (Lipinski definition) is 2. The van der Waals surface area contributed by atoms with Crippen LogP contribution in [0.15, 0.2) is 35.1 Å². The standard InChI is InChI=1S/C24H23N3O6/c1-2-24(31)17-9-19-21-14(10-27(19)22(29)16(17)11-32-23(24)30)8-15-13(4-3-5-18(15)26-21)6-7-20(28)33-12-25/h3-5,8-9,31H,2,6-7,10-12,25H2,1H3/t24-/m0/s1. The summed E-state index contributed by atoms with van der Waals surface area (Å²) in [5, 5.41) is 11.9. The SMILES string of the molecule is CC[C@@]1(O)C(=O)OCc2c1cc1n(c2=O)Cc2cc3c(CCC(=O)OCN)cccc3nc2-1. The Hall–Kier alpha value is -3.56. The molecule has 3 aromatic rings. The molecule has 0 unspecified atom stereocenters. The first-order chi connectivity index (χ1) is 15.9. The van der Waals surface area contributed by atoms with E-state index in [9.17, 15) is 19.5 Å². The molecular weight excluding hydrogens is 426 g/mol. The van der Waals surface area contributed by atoms with Gasteiger partial charge in [-0.3, -0.25) is 15.3 Å². The molecule has 0 saturated heterocycles. The summed E-state index contributed by atoms with van der Waals surface area (Å²) >= 11 is 0. The lowest BCUT2D eigenvalue weighted by atomic mass is 9.86. The monoisotopic (exact) mass is 449 g/mol. The largest absolute Gasteiger partial charge is 0.458 e. The molecule has 5 rings (SSSR count). The van der Waals surface area contributed by atoms with E-state index in [-0.39, 0.29) is 37.7 Å². The second-order valence-corrected chi connectivity index (χ2v) is 8.27. The highest BCUT2D eigenvalue weighted by Crippen LogP contribution is 2.38. The Balaban J connectivity index is 1.61. The topological polar surface area (TPSA) is 134 Å². The van der Waals surface area contributed by atoms with Crippen LogP contribution in [0.5, 0.6) is 0 Å². The molecule has 0 saturated carbocycles. The van der Waals surface area contributed by atoms with Crippen molar-refractivity contribution in [3.8, 4) is 11.4 Å². The lowest BCUT2D eigenvalue weighted by molar-refractivity contribution is -0.172. The van der Waals surface area contributed by atoms with Crippen molar-refractivity contribution >= 4 is 22.8 Å². The fourth-order valence-electron chi connectivity index (χ4n) is 4.68. The molecule has 0 radical (unpaired) electrons. The minimum atomic E-state index is -1.85. The first kappa shape index (κ1) is 21.3. The van der Waals surface area contributed by atoms with Gasteiger partial charge in [-0.2, -0.15) is 0 Å². The molecule has 170 valence electrons. The lowest BCUT2D eigenvalue weighted by Gasteiger charge is -2.31. The van der Waals surface area contributed by atoms with Gasteiger partial charge in [0.1, 0.15) is 13.3 Å². The van der Waals surface area contributed by atoms with Crippen LogP contribution in [0.4, 0.5) is 0 Å². The van der Waals surface area contributed by atoms with Crippen molar-refractivity contribution in [1.82, 2.24) is 9.55 Å². The molecule has 0 aliphatic carbocycles. The van der Waals surface area contributed by atoms with Crippen LogP contribution in [0.25, 0.3) is 22.3 Å². The lowest BCUT2D eigenvalue weighted by Crippen LogP contribution is -2.44. The molecule has 2 aromatic heterocycles. The van der Waals surface area contributed by atoms with Gasteiger partial charge in [-0.15, -0.1) is 0 Å². The third-order valence-electron chi connectivity index (χ3n) is 6.49. The minimum Gasteiger partial charge on any atom is -0.458 e. The average Bonchev–Trinajstić information content (AvgIpc) is 3.17. The maximum absolute atomic E-state index is 13.3. The number of aryl methyl sites for hydroxylation is 1. The van der Waals surface area contributed by atoms with Crippen LogP contribution in [0.1, 0.15) is 42.0 Å². The van der Waals surface area contributed by atoms with Crippen molar-refractivity contribution in [2.45, 2.75) is 44.9 Å². The number of ether oxygens (including phenoxy) is 2. The van der Waals surface area contributed by atoms with E-state index in [0.717, 1.165) is 22.0 Å². The van der Waals surface area contributed by atoms with Crippen molar-refractivity contribution in [3.63, 3.8) is 0 Å². The van der Waals surface area contributed by atoms with E-state index in [0.29, 0.717) is 35.5 Å². The summed E-state index contributed by atoms with van der Waals surface area (Å²) in [5.41, 5.74) is 7.41. The number of fused-ring (bicyclic) bond motifs is 5. The van der Waals surface area contributed by atoms with Crippen molar-refractivity contribution in [1.29, 1.82) is 0 Å². The minimum absolute atomic E-state index is 0.0929. The Labute approximate surface area is 188 Å². The third kappa shape index (κ3) is 3.23. The Kier molecular flexibility index (Phi) is 5.02. The molecule has 2 aliphatic rings. The number of rotatable bonds is 5. The van der Waals surface area contributed by atoms with E-state index in [1.54, 1.807) is 17.6 Å². The number of hydrogen-bond acceptors (Lipinski definition) is 8. The van der Waals surface area contributed by atoms with Gasteiger partial charge < -0.3 is 19.1 Å². The predicted molar refractivity (Wildman–Crippen MR) is 118 cm³/mol. The second kappa shape index (κ2) is 7.79. The van der Waals surface area contributed by atoms with Gasteiger partial charge in [0.2, 0.25) is 0 Å². The number of aliphatic hydroxyl groups is 1. The molecule has 33 heavy (non-hydrogen) atoms. The van der Waals surface area contributed by atoms with Crippen LogP contribution in [-0.4, -0.2) is 33.3 Å². The van der Waals surface area contributed by atoms with Gasteiger partial charge in [0.05, 0.1) is 29.0 Å². The summed E-state index contributed by atoms with van der Waals surface area (Å²) in [5.74, 6) is -1.11. The fourth-order valence-corrected chi connectivity index (χ4v) is 4.68. The van der Waals surface area contributed by atoms with Crippen LogP contribution in [0, 0.1) is 0 Å². The average molecular weight is 449 g/mol. The van der Waals surface area contributed by atoms with Crippen LogP contribution in [0.2, 0.25) is 0 Å². The highest BCUT2D eigenvalue weighted by molar-refractivity contribution is 5.88. The number of cyclic esters (lactones) is 1. The van der Waals surface area contributed by atoms with E-state index in [1.807, 2.05) is 24.3 Å². The Bertz CT molecular complexity index is 1380. The highest BCUT2D eigenvalue weighted by Gasteiger charge is 2.45. The zero-order valence-electron chi connectivity index (χ0n) is 18.1. The number of nitrogens with two attached hydrogens (primary N) is 1. The van der Waals surface area contributed by atoms with E-state index >= 15 is 0 Å². The van der Waals surface area contributed by atoms with Gasteiger partial charge in [0, 0.05) is 22.9 Å². The molecule has 0 fully saturated rings. The zero-order chi connectivity index (χ0) is 23.3. The number of esters is 2. The summed E-state index contributed by atoms with van der Waals surface area (Å²) < 4.78 is 11.5. The number of aromatic nitrogens is 2. The van der Waals surface area contributed by atoms with E-state index < -0.39 is 11.6 Å². The predicted octanol–water partition coefficient (Wildman–Crippen LogP) is 1.47. The van der Waals surface area contributed by atoms with Crippen molar-refractivity contribution in [3.05, 3.63) is 62.9 Å². The first-order valence-corrected chi connectivity index (χ1v) is 10.8. The number of pyridine rings is 2. The summed E-state index contributed by atoms with van der Waals surface area (Å²) in [6.45, 7) is 1.68. The van der Waals surface area contributed by atoms with E-state index in [1.165, 1.54) is 0 Å². The Morgan fingerprint density at radius 1 is 1.33 bits per heavy atom. The molecule has 2 aliphatic heterocycles. The molecule has 1 aromatic carbocycles. The smallest absolute Gasteiger partial charge is 0.343 e. The van der Waals surface area contributed by atoms with Gasteiger partial charge in [0.25, 0.3) is 5.56 Å². The van der Waals surface area contributed by atoms with Gasteiger partial charge in [0.15, 0.2) is 5.60 Å². The summed E-state index contributed by atoms with van der Waals surface area (Å²) in [7, 11) is 0. The zero-order valence-corrected chi connectivity index (χ0v) is 18.1. The summed E-state index contributed by atoms with van der Waals surface area (Å²) in [6.07, 6.45) is 0.764. The van der Waals surface area contributed by atoms with Gasteiger partial charge in [-0.25, -0.2) is 9.78 Å². The van der Waals surface area contributed by atoms with Gasteiger partial charge >= 0.3 is 11.9 Å². The molecule has 3 N–H and O–H groups in total. The van der Waals surface area contributed by atoms with Crippen LogP contribution >= 0.6 is 0 Å². The van der Waals surface area contributed by atoms with Crippen LogP contribution < -0.4 is 11.3 Å². The van der Waals surface area contributed by atoms with Crippen molar-refractivity contribution in [2.75, 3.05) is 6.73 Å². The first-order valence-electron chi connectivity index (χ1n) is 10.8. The van der Waals surface area contributed by atoms with Gasteiger partial charge in [-0.1, -0.05) is 19.1 Å².